The Labute approximate surface area is 617 Å². The summed E-state index contributed by atoms with van der Waals surface area (Å²) in [5.74, 6) is -13.0. The molecule has 0 unspecified atom stereocenters. The van der Waals surface area contributed by atoms with E-state index in [0.29, 0.717) is 12.0 Å². The van der Waals surface area contributed by atoms with Gasteiger partial charge < -0.3 is 114 Å². The first-order valence-corrected chi connectivity index (χ1v) is 31.9. The van der Waals surface area contributed by atoms with Crippen LogP contribution in [0.15, 0.2) is 231 Å². The molecule has 8 aromatic rings. The van der Waals surface area contributed by atoms with Gasteiger partial charge in [0.15, 0.2) is 42.2 Å². The Morgan fingerprint density at radius 1 is 0.421 bits per heavy atom. The fourth-order valence-electron chi connectivity index (χ4n) is 8.46. The number of aliphatic hydroxyl groups excluding tert-OH is 9. The minimum absolute atomic E-state index is 0.163. The van der Waals surface area contributed by atoms with Crippen molar-refractivity contribution in [3.05, 3.63) is 286 Å². The summed E-state index contributed by atoms with van der Waals surface area (Å²) in [5, 5.41) is 164. The van der Waals surface area contributed by atoms with E-state index in [-0.39, 0.29) is 41.2 Å². The highest BCUT2D eigenvalue weighted by atomic mass is 35.5. The maximum atomic E-state index is 10.3. The van der Waals surface area contributed by atoms with Gasteiger partial charge in [-0.15, -0.1) is 0 Å². The molecule has 31 nitrogen and oxygen atoms in total. The van der Waals surface area contributed by atoms with E-state index in [0.717, 1.165) is 40.3 Å². The standard InChI is InChI=1S/2C14H15NO.C9H11NO.C9H10O3.C8H7ClO3.C8H8O3.C5H8O5.C4H6O6.C4H6O5/c2*15-13(11-7-3-1-4-8-11)14(16)12-9-5-2-6-10-12;10-9-7-4-2-1-3-6(7)5-8(9)11;10-8(9(11)12)6-7-4-2-1-3-5-7;9-6-4-2-1-3-5(6)7(10)8(11)12;9-7(8(10)11)6-4-2-1-3-5-6;1-5(10,4(8)9)2-3(6)7;5-1(3(7)8)2(6)4(9)10;5-2(4(8)9)1-3(6)7/h2*1-10,13-14,16H,15H2;1-4,8-9,11H,5,10H2;1-5,8,10H,6H2,(H,11,12);1-4,7,10H,(H,11,12);1-5,7,9H,(H,10,11);10H,2H2,1H3,(H,6,7)(H,8,9);1-2,5-6H,(H,7,8)(H,9,10);2,5H,1H2,(H,6,7)(H,8,9)/t13-,14+;13-,14-;8-,9+;8-;2*7-;5-;1-,2-;2-/m110000100/s1. The SMILES string of the molecule is C[C@@](O)(CC(=O)O)C(=O)O.N[C@@H]1c2ccccc2C[C@@H]1O.N[C@H](c1ccccc1)[C@@H](O)c1ccccc1.N[C@H](c1ccccc1)[C@H](O)c1ccccc1.O=C(O)C[C@H](O)C(=O)O.O=C(O)[C@@H](O)Cc1ccccc1.O=C(O)[C@@H](O)[C@H](O)C(=O)O.O=C(O)[C@@H](O)c1ccccc1.O=C(O)[C@@H](O)c1ccccc1Cl. The van der Waals surface area contributed by atoms with Gasteiger partial charge >= 0.3 is 53.7 Å². The van der Waals surface area contributed by atoms with Crippen molar-refractivity contribution in [1.29, 1.82) is 0 Å². The van der Waals surface area contributed by atoms with Crippen molar-refractivity contribution in [2.75, 3.05) is 0 Å². The van der Waals surface area contributed by atoms with Crippen LogP contribution in [0.2, 0.25) is 5.02 Å². The average molecular weight is 1510 g/mol. The molecule has 0 heterocycles. The number of hydrogen-bond donors (Lipinski definition) is 22. The second-order valence-corrected chi connectivity index (χ2v) is 23.1. The van der Waals surface area contributed by atoms with Crippen LogP contribution in [-0.4, -0.2) is 187 Å². The summed E-state index contributed by atoms with van der Waals surface area (Å²) in [6.45, 7) is 0.934. The Kier molecular flexibility index (Phi) is 43.4. The van der Waals surface area contributed by atoms with E-state index in [4.69, 9.17) is 111 Å². The molecule has 8 aromatic carbocycles. The van der Waals surface area contributed by atoms with Crippen molar-refractivity contribution in [1.82, 2.24) is 0 Å². The fraction of sp³-hybridized carbons (Fsp3) is 0.240. The predicted molar refractivity (Wildman–Crippen MR) is 383 cm³/mol. The van der Waals surface area contributed by atoms with Gasteiger partial charge in [-0.2, -0.15) is 0 Å². The molecular weight excluding hydrogens is 1430 g/mol. The van der Waals surface area contributed by atoms with Crippen molar-refractivity contribution in [3.8, 4) is 0 Å². The van der Waals surface area contributed by atoms with Crippen LogP contribution in [0, 0.1) is 0 Å². The summed E-state index contributed by atoms with van der Waals surface area (Å²) in [4.78, 5) is 89.7. The first kappa shape index (κ1) is 93.8. The lowest BCUT2D eigenvalue weighted by Crippen LogP contribution is -2.39. The summed E-state index contributed by atoms with van der Waals surface area (Å²) in [6.07, 6.45) is -13.0. The van der Waals surface area contributed by atoms with E-state index in [1.807, 2.05) is 164 Å². The van der Waals surface area contributed by atoms with Gasteiger partial charge in [-0.25, -0.2) is 33.6 Å². The number of carboxylic acids is 9. The topological polar surface area (TPSA) is 616 Å². The number of nitrogens with two attached hydrogens (primary N) is 3. The number of halogens is 1. The maximum Gasteiger partial charge on any atom is 0.337 e. The number of carboxylic acid groups (broad SMARTS) is 9. The van der Waals surface area contributed by atoms with Crippen LogP contribution in [0.5, 0.6) is 0 Å². The Balaban J connectivity index is 0.000000606. The Bertz CT molecular complexity index is 3770. The second-order valence-electron chi connectivity index (χ2n) is 22.7. The molecule has 107 heavy (non-hydrogen) atoms. The summed E-state index contributed by atoms with van der Waals surface area (Å²) < 4.78 is 0. The van der Waals surface area contributed by atoms with Crippen molar-refractivity contribution >= 4 is 65.3 Å². The van der Waals surface area contributed by atoms with Crippen molar-refractivity contribution in [2.24, 2.45) is 17.2 Å². The molecule has 25 N–H and O–H groups in total. The Morgan fingerprint density at radius 2 is 0.757 bits per heavy atom. The highest BCUT2D eigenvalue weighted by molar-refractivity contribution is 6.31. The fourth-order valence-corrected chi connectivity index (χ4v) is 8.70. The minimum atomic E-state index is -2.27. The zero-order valence-electron chi connectivity index (χ0n) is 57.0. The minimum Gasteiger partial charge on any atom is -0.481 e. The van der Waals surface area contributed by atoms with Gasteiger partial charge in [0, 0.05) is 23.4 Å². The van der Waals surface area contributed by atoms with Crippen LogP contribution in [0.1, 0.15) is 112 Å². The molecule has 0 fully saturated rings. The van der Waals surface area contributed by atoms with Gasteiger partial charge in [0.05, 0.1) is 49.3 Å². The summed E-state index contributed by atoms with van der Waals surface area (Å²) >= 11 is 5.64. The summed E-state index contributed by atoms with van der Waals surface area (Å²) in [6, 6.07) is 68.8. The van der Waals surface area contributed by atoms with E-state index < -0.39 is 121 Å². The van der Waals surface area contributed by atoms with E-state index in [1.165, 1.54) is 17.7 Å². The monoisotopic (exact) mass is 1510 g/mol. The van der Waals surface area contributed by atoms with Gasteiger partial charge in [-0.05, 0) is 57.5 Å². The number of aliphatic carboxylic acids is 9. The Morgan fingerprint density at radius 3 is 1.07 bits per heavy atom. The normalized spacial score (nSPS) is 15.3. The van der Waals surface area contributed by atoms with Crippen LogP contribution in [0.3, 0.4) is 0 Å². The number of fused-ring (bicyclic) bond motifs is 1. The van der Waals surface area contributed by atoms with Crippen LogP contribution >= 0.6 is 11.6 Å². The molecule has 0 saturated carbocycles. The molecule has 1 aliphatic rings. The molecule has 0 aliphatic heterocycles. The highest BCUT2D eigenvalue weighted by Gasteiger charge is 2.33. The first-order chi connectivity index (χ1) is 50.3. The molecule has 9 rings (SSSR count). The molecule has 576 valence electrons. The largest absolute Gasteiger partial charge is 0.481 e. The third-order valence-electron chi connectivity index (χ3n) is 14.3. The van der Waals surface area contributed by atoms with Gasteiger partial charge in [0.2, 0.25) is 0 Å². The van der Waals surface area contributed by atoms with E-state index in [9.17, 15) is 58.5 Å². The van der Waals surface area contributed by atoms with Crippen molar-refractivity contribution in [3.63, 3.8) is 0 Å². The highest BCUT2D eigenvalue weighted by Crippen LogP contribution is 2.30. The molecule has 0 spiro atoms. The molecule has 0 aromatic heterocycles. The lowest BCUT2D eigenvalue weighted by atomic mass is 9.97. The number of hydrogen-bond acceptors (Lipinski definition) is 22. The van der Waals surface area contributed by atoms with Crippen molar-refractivity contribution < 1.29 is 140 Å². The Hall–Kier alpha value is -11.2. The van der Waals surface area contributed by atoms with Gasteiger partial charge in [0.1, 0.15) is 0 Å². The average Bonchev–Trinajstić information content (AvgIpc) is 1.75. The quantitative estimate of drug-likeness (QED) is 0.0445. The lowest BCUT2D eigenvalue weighted by Gasteiger charge is -2.19. The van der Waals surface area contributed by atoms with E-state index in [2.05, 4.69) is 0 Å². The van der Waals surface area contributed by atoms with Gasteiger partial charge in [-0.1, -0.05) is 236 Å². The third kappa shape index (κ3) is 36.4. The molecule has 0 bridgehead atoms. The smallest absolute Gasteiger partial charge is 0.337 e. The van der Waals surface area contributed by atoms with Gasteiger partial charge in [-0.3, -0.25) is 9.59 Å². The van der Waals surface area contributed by atoms with Crippen molar-refractivity contribution in [2.45, 2.75) is 111 Å². The van der Waals surface area contributed by atoms with Crippen LogP contribution in [0.25, 0.3) is 0 Å². The number of benzene rings is 8. The zero-order valence-corrected chi connectivity index (χ0v) is 57.7. The second kappa shape index (κ2) is 49.5. The van der Waals surface area contributed by atoms with Crippen LogP contribution in [-0.2, 0) is 56.0 Å². The molecule has 0 radical (unpaired) electrons. The van der Waals surface area contributed by atoms with Gasteiger partial charge in [0.25, 0.3) is 0 Å². The van der Waals surface area contributed by atoms with E-state index in [1.54, 1.807) is 54.6 Å². The molecule has 0 saturated heterocycles. The zero-order chi connectivity index (χ0) is 81.1. The van der Waals surface area contributed by atoms with E-state index >= 15 is 0 Å². The number of aliphatic hydroxyl groups is 10. The predicted octanol–water partition coefficient (Wildman–Crippen LogP) is 4.46. The van der Waals surface area contributed by atoms with Crippen LogP contribution in [0.4, 0.5) is 0 Å². The lowest BCUT2D eigenvalue weighted by molar-refractivity contribution is -0.165. The molecule has 1 aliphatic carbocycles. The van der Waals surface area contributed by atoms with Crippen LogP contribution < -0.4 is 17.2 Å². The molecule has 13 atom stereocenters. The third-order valence-corrected chi connectivity index (χ3v) is 14.7. The summed E-state index contributed by atoms with van der Waals surface area (Å²) in [5.41, 5.74) is 22.9. The first-order valence-electron chi connectivity index (χ1n) is 31.5. The number of carbonyl (C=O) groups is 9. The summed E-state index contributed by atoms with van der Waals surface area (Å²) in [7, 11) is 0. The molecule has 32 heteroatoms. The number of rotatable bonds is 22. The molecular formula is C75H86ClN3O28. The maximum absolute atomic E-state index is 10.3. The molecule has 0 amide bonds.